The van der Waals surface area contributed by atoms with Gasteiger partial charge in [0.25, 0.3) is 0 Å². The van der Waals surface area contributed by atoms with Gasteiger partial charge in [-0.3, -0.25) is 9.69 Å². The van der Waals surface area contributed by atoms with Gasteiger partial charge in [-0.2, -0.15) is 5.26 Å². The normalized spacial score (nSPS) is 24.9. The van der Waals surface area contributed by atoms with Crippen molar-refractivity contribution >= 4 is 5.91 Å². The SMILES string of the molecule is C=C(C(N)CN1C[C@@H]2CC1C(=O)N2C(c1ccc(F)cc1)c1ccc(F)cc1)N1CCCC1C#N. The Bertz CT molecular complexity index is 1100. The van der Waals surface area contributed by atoms with Crippen LogP contribution < -0.4 is 5.73 Å². The van der Waals surface area contributed by atoms with E-state index in [1.807, 2.05) is 9.80 Å². The summed E-state index contributed by atoms with van der Waals surface area (Å²) in [7, 11) is 0. The highest BCUT2D eigenvalue weighted by Crippen LogP contribution is 2.41. The zero-order valence-corrected chi connectivity index (χ0v) is 19.5. The third-order valence-electron chi connectivity index (χ3n) is 7.59. The molecule has 3 aliphatic rings. The molecule has 0 aliphatic carbocycles. The number of piperazine rings is 1. The molecule has 2 aromatic rings. The first kappa shape index (κ1) is 23.5. The maximum atomic E-state index is 13.6. The lowest BCUT2D eigenvalue weighted by Gasteiger charge is -2.40. The van der Waals surface area contributed by atoms with Gasteiger partial charge in [0.15, 0.2) is 0 Å². The molecule has 0 radical (unpaired) electrons. The van der Waals surface area contributed by atoms with Crippen molar-refractivity contribution in [2.24, 2.45) is 5.73 Å². The second-order valence-corrected chi connectivity index (χ2v) is 9.69. The van der Waals surface area contributed by atoms with Crippen molar-refractivity contribution in [3.05, 3.63) is 83.6 Å². The predicted octanol–water partition coefficient (Wildman–Crippen LogP) is 3.17. The average molecular weight is 478 g/mol. The third-order valence-corrected chi connectivity index (χ3v) is 7.59. The van der Waals surface area contributed by atoms with Crippen molar-refractivity contribution < 1.29 is 13.6 Å². The maximum Gasteiger partial charge on any atom is 0.241 e. The molecular formula is C27H29F2N5O. The molecule has 2 aromatic carbocycles. The quantitative estimate of drug-likeness (QED) is 0.663. The second-order valence-electron chi connectivity index (χ2n) is 9.69. The summed E-state index contributed by atoms with van der Waals surface area (Å²) < 4.78 is 27.3. The van der Waals surface area contributed by atoms with E-state index in [4.69, 9.17) is 5.73 Å². The van der Waals surface area contributed by atoms with Gasteiger partial charge < -0.3 is 15.5 Å². The summed E-state index contributed by atoms with van der Waals surface area (Å²) in [5.74, 6) is -0.704. The molecule has 1 amide bonds. The molecule has 5 rings (SSSR count). The molecule has 35 heavy (non-hydrogen) atoms. The van der Waals surface area contributed by atoms with E-state index in [0.717, 1.165) is 36.2 Å². The number of amides is 1. The summed E-state index contributed by atoms with van der Waals surface area (Å²) in [6.07, 6.45) is 2.44. The number of carbonyl (C=O) groups excluding carboxylic acids is 1. The van der Waals surface area contributed by atoms with Crippen molar-refractivity contribution in [1.29, 1.82) is 5.26 Å². The van der Waals surface area contributed by atoms with Crippen LogP contribution in [0.4, 0.5) is 8.78 Å². The number of nitriles is 1. The van der Waals surface area contributed by atoms with Crippen LogP contribution in [-0.4, -0.2) is 64.4 Å². The first-order chi connectivity index (χ1) is 16.9. The van der Waals surface area contributed by atoms with E-state index in [0.29, 0.717) is 19.5 Å². The van der Waals surface area contributed by atoms with Crippen LogP contribution in [0.3, 0.4) is 0 Å². The summed E-state index contributed by atoms with van der Waals surface area (Å²) in [5.41, 5.74) is 8.80. The number of fused-ring (bicyclic) bond motifs is 2. The first-order valence-electron chi connectivity index (χ1n) is 12.0. The molecule has 3 aliphatic heterocycles. The zero-order chi connectivity index (χ0) is 24.7. The molecule has 2 N–H and O–H groups in total. The Balaban J connectivity index is 1.34. The largest absolute Gasteiger partial charge is 0.358 e. The smallest absolute Gasteiger partial charge is 0.241 e. The number of benzene rings is 2. The van der Waals surface area contributed by atoms with Gasteiger partial charge in [-0.25, -0.2) is 8.78 Å². The fraction of sp³-hybridized carbons (Fsp3) is 0.407. The van der Waals surface area contributed by atoms with E-state index in [9.17, 15) is 18.8 Å². The average Bonchev–Trinajstić information content (AvgIpc) is 3.57. The molecule has 6 nitrogen and oxygen atoms in total. The Morgan fingerprint density at radius 3 is 2.26 bits per heavy atom. The van der Waals surface area contributed by atoms with Crippen LogP contribution in [0.5, 0.6) is 0 Å². The van der Waals surface area contributed by atoms with Crippen LogP contribution in [0.1, 0.15) is 36.4 Å². The van der Waals surface area contributed by atoms with E-state index in [1.54, 1.807) is 24.3 Å². The minimum atomic E-state index is -0.425. The molecule has 3 fully saturated rings. The van der Waals surface area contributed by atoms with E-state index < -0.39 is 6.04 Å². The van der Waals surface area contributed by atoms with Crippen LogP contribution in [0, 0.1) is 23.0 Å². The van der Waals surface area contributed by atoms with E-state index in [2.05, 4.69) is 17.5 Å². The summed E-state index contributed by atoms with van der Waals surface area (Å²) in [6, 6.07) is 13.3. The fourth-order valence-electron chi connectivity index (χ4n) is 5.85. The van der Waals surface area contributed by atoms with Crippen molar-refractivity contribution in [1.82, 2.24) is 14.7 Å². The van der Waals surface area contributed by atoms with Crippen molar-refractivity contribution in [3.8, 4) is 6.07 Å². The Morgan fingerprint density at radius 1 is 1.11 bits per heavy atom. The number of hydrogen-bond donors (Lipinski definition) is 1. The number of hydrogen-bond acceptors (Lipinski definition) is 5. The number of nitrogens with two attached hydrogens (primary N) is 1. The van der Waals surface area contributed by atoms with Crippen LogP contribution in [0.25, 0.3) is 0 Å². The highest BCUT2D eigenvalue weighted by atomic mass is 19.1. The van der Waals surface area contributed by atoms with E-state index in [-0.39, 0.29) is 41.7 Å². The minimum absolute atomic E-state index is 0.00575. The summed E-state index contributed by atoms with van der Waals surface area (Å²) in [6.45, 7) is 6.10. The molecule has 3 saturated heterocycles. The lowest BCUT2D eigenvalue weighted by Crippen LogP contribution is -2.55. The van der Waals surface area contributed by atoms with E-state index >= 15 is 0 Å². The van der Waals surface area contributed by atoms with Crippen molar-refractivity contribution in [2.75, 3.05) is 19.6 Å². The summed E-state index contributed by atoms with van der Waals surface area (Å²) in [5, 5.41) is 9.40. The maximum absolute atomic E-state index is 13.6. The van der Waals surface area contributed by atoms with Gasteiger partial charge in [0, 0.05) is 31.4 Å². The monoisotopic (exact) mass is 477 g/mol. The number of halogens is 2. The lowest BCUT2D eigenvalue weighted by atomic mass is 9.95. The molecule has 4 atom stereocenters. The van der Waals surface area contributed by atoms with Gasteiger partial charge in [-0.05, 0) is 54.7 Å². The number of carbonyl (C=O) groups is 1. The molecule has 2 bridgehead atoms. The summed E-state index contributed by atoms with van der Waals surface area (Å²) in [4.78, 5) is 19.6. The highest BCUT2D eigenvalue weighted by molar-refractivity contribution is 5.86. The second kappa shape index (κ2) is 9.40. The lowest BCUT2D eigenvalue weighted by molar-refractivity contribution is -0.138. The molecule has 3 unspecified atom stereocenters. The Kier molecular flexibility index (Phi) is 6.30. The van der Waals surface area contributed by atoms with Crippen LogP contribution >= 0.6 is 0 Å². The molecular weight excluding hydrogens is 448 g/mol. The minimum Gasteiger partial charge on any atom is -0.358 e. The third kappa shape index (κ3) is 4.30. The van der Waals surface area contributed by atoms with E-state index in [1.165, 1.54) is 24.3 Å². The molecule has 3 heterocycles. The predicted molar refractivity (Wildman–Crippen MR) is 128 cm³/mol. The van der Waals surface area contributed by atoms with Crippen LogP contribution in [0.2, 0.25) is 0 Å². The van der Waals surface area contributed by atoms with Crippen molar-refractivity contribution in [2.45, 2.75) is 49.5 Å². The zero-order valence-electron chi connectivity index (χ0n) is 19.5. The number of nitrogens with zero attached hydrogens (tertiary/aromatic N) is 4. The Hall–Kier alpha value is -3.28. The van der Waals surface area contributed by atoms with Crippen molar-refractivity contribution in [3.63, 3.8) is 0 Å². The summed E-state index contributed by atoms with van der Waals surface area (Å²) >= 11 is 0. The Morgan fingerprint density at radius 2 is 1.71 bits per heavy atom. The van der Waals surface area contributed by atoms with Gasteiger partial charge in [-0.1, -0.05) is 30.8 Å². The van der Waals surface area contributed by atoms with Gasteiger partial charge >= 0.3 is 0 Å². The van der Waals surface area contributed by atoms with Gasteiger partial charge in [0.1, 0.15) is 17.7 Å². The molecule has 182 valence electrons. The standard InChI is InChI=1S/C27H29F2N5O/c1-17(33-12-2-3-22(33)14-30)24(31)16-32-15-23-13-25(32)27(35)34(23)26(18-4-8-20(28)9-5-18)19-6-10-21(29)11-7-19/h4-11,22-26H,1-3,12-13,15-16,31H2/t22?,23-,24?,25?/m0/s1. The number of likely N-dealkylation sites (tertiary alicyclic amines) is 3. The van der Waals surface area contributed by atoms with Gasteiger partial charge in [0.2, 0.25) is 5.91 Å². The molecule has 0 saturated carbocycles. The number of rotatable bonds is 7. The first-order valence-corrected chi connectivity index (χ1v) is 12.0. The van der Waals surface area contributed by atoms with Crippen LogP contribution in [0.15, 0.2) is 60.8 Å². The fourth-order valence-corrected chi connectivity index (χ4v) is 5.85. The highest BCUT2D eigenvalue weighted by Gasteiger charge is 2.52. The van der Waals surface area contributed by atoms with Gasteiger partial charge in [-0.15, -0.1) is 0 Å². The molecule has 0 aromatic heterocycles. The topological polar surface area (TPSA) is 76.6 Å². The van der Waals surface area contributed by atoms with Crippen LogP contribution in [-0.2, 0) is 4.79 Å². The molecule has 0 spiro atoms. The van der Waals surface area contributed by atoms with Gasteiger partial charge in [0.05, 0.1) is 24.2 Å². The Labute approximate surface area is 204 Å². The molecule has 8 heteroatoms.